The van der Waals surface area contributed by atoms with Crippen LogP contribution in [0.2, 0.25) is 0 Å². The second-order valence-electron chi connectivity index (χ2n) is 12.5. The normalized spacial score (nSPS) is 34.5. The van der Waals surface area contributed by atoms with E-state index >= 15 is 0 Å². The van der Waals surface area contributed by atoms with Crippen molar-refractivity contribution in [3.63, 3.8) is 0 Å². The molecule has 0 aromatic carbocycles. The maximum absolute atomic E-state index is 13.1. The van der Waals surface area contributed by atoms with Crippen molar-refractivity contribution in [1.29, 1.82) is 0 Å². The van der Waals surface area contributed by atoms with Crippen LogP contribution in [0.15, 0.2) is 46.1 Å². The summed E-state index contributed by atoms with van der Waals surface area (Å²) in [5.74, 6) is -5.58. The minimum absolute atomic E-state index is 0.0917. The molecule has 8 atom stereocenters. The Kier molecular flexibility index (Phi) is 9.72. The first-order chi connectivity index (χ1) is 20.2. The zero-order valence-corrected chi connectivity index (χ0v) is 26.8. The van der Waals surface area contributed by atoms with Gasteiger partial charge in [0.2, 0.25) is 0 Å². The molecule has 0 unspecified atom stereocenters. The number of hydrogen-bond donors (Lipinski definition) is 2. The summed E-state index contributed by atoms with van der Waals surface area (Å²) in [4.78, 5) is 64.7. The van der Waals surface area contributed by atoms with Gasteiger partial charge in [-0.3, -0.25) is 4.79 Å². The van der Waals surface area contributed by atoms with Gasteiger partial charge in [0.1, 0.15) is 11.7 Å². The van der Waals surface area contributed by atoms with Crippen LogP contribution in [0, 0.1) is 5.92 Å². The van der Waals surface area contributed by atoms with Gasteiger partial charge in [0.15, 0.2) is 29.5 Å². The molecule has 1 saturated heterocycles. The van der Waals surface area contributed by atoms with Crippen molar-refractivity contribution in [3.8, 4) is 0 Å². The third-order valence-corrected chi connectivity index (χ3v) is 8.36. The van der Waals surface area contributed by atoms with Gasteiger partial charge in [-0.15, -0.1) is 0 Å². The summed E-state index contributed by atoms with van der Waals surface area (Å²) >= 11 is 0. The molecule has 3 aliphatic rings. The predicted molar refractivity (Wildman–Crippen MR) is 154 cm³/mol. The molecule has 0 amide bonds. The van der Waals surface area contributed by atoms with E-state index in [9.17, 15) is 34.2 Å². The molecule has 12 heteroatoms. The van der Waals surface area contributed by atoms with E-state index in [0.717, 1.165) is 19.9 Å². The number of rotatable bonds is 7. The van der Waals surface area contributed by atoms with Gasteiger partial charge in [-0.25, -0.2) is 19.2 Å². The summed E-state index contributed by atoms with van der Waals surface area (Å²) in [6.45, 7) is 15.0. The lowest BCUT2D eigenvalue weighted by atomic mass is 9.75. The number of aliphatic hydroxyl groups is 2. The first-order valence-corrected chi connectivity index (χ1v) is 14.3. The van der Waals surface area contributed by atoms with Crippen molar-refractivity contribution in [3.05, 3.63) is 46.1 Å². The Balaban J connectivity index is 2.37. The van der Waals surface area contributed by atoms with Gasteiger partial charge in [-0.2, -0.15) is 0 Å². The standard InChI is InChI=1S/C32H42O12/c1-11-17(6)28(36)42-25-18(7)23-24(26(25)41-22(35)13-16(4)5)30(9,44-19(8)33)14-20(40-21(34)12-15(2)3)32(39)27(23)43-29(37)31(32,10)38/h11-13,20,24-27,38-39H,14H2,1-10H3/b17-11-/t20-,24+,25-,26+,27-,30-,31+,32+/m0/s1. The molecule has 1 aliphatic heterocycles. The number of fused-ring (bicyclic) bond motifs is 3. The third-order valence-electron chi connectivity index (χ3n) is 8.36. The quantitative estimate of drug-likeness (QED) is 0.185. The average molecular weight is 619 g/mol. The molecular weight excluding hydrogens is 576 g/mol. The highest BCUT2D eigenvalue weighted by atomic mass is 16.6. The van der Waals surface area contributed by atoms with E-state index in [2.05, 4.69) is 0 Å². The highest BCUT2D eigenvalue weighted by Crippen LogP contribution is 2.57. The fourth-order valence-electron chi connectivity index (χ4n) is 6.21. The Labute approximate surface area is 256 Å². The van der Waals surface area contributed by atoms with Crippen LogP contribution in [-0.2, 0) is 47.7 Å². The molecule has 0 bridgehead atoms. The van der Waals surface area contributed by atoms with E-state index in [-0.39, 0.29) is 16.7 Å². The van der Waals surface area contributed by atoms with E-state index in [1.807, 2.05) is 0 Å². The molecule has 1 saturated carbocycles. The third kappa shape index (κ3) is 6.10. The van der Waals surface area contributed by atoms with E-state index in [0.29, 0.717) is 11.1 Å². The molecular formula is C32H42O12. The van der Waals surface area contributed by atoms with Gasteiger partial charge in [-0.05, 0) is 73.5 Å². The molecule has 0 aromatic heterocycles. The van der Waals surface area contributed by atoms with Crippen LogP contribution in [0.1, 0.15) is 75.7 Å². The van der Waals surface area contributed by atoms with Gasteiger partial charge in [0.25, 0.3) is 0 Å². The van der Waals surface area contributed by atoms with Crippen LogP contribution in [0.3, 0.4) is 0 Å². The summed E-state index contributed by atoms with van der Waals surface area (Å²) in [6.07, 6.45) is -2.54. The monoisotopic (exact) mass is 618 g/mol. The molecule has 2 aliphatic carbocycles. The topological polar surface area (TPSA) is 172 Å². The Morgan fingerprint density at radius 3 is 1.95 bits per heavy atom. The fourth-order valence-corrected chi connectivity index (χ4v) is 6.21. The predicted octanol–water partition coefficient (Wildman–Crippen LogP) is 2.70. The molecule has 0 aromatic rings. The zero-order chi connectivity index (χ0) is 33.5. The van der Waals surface area contributed by atoms with Gasteiger partial charge < -0.3 is 33.9 Å². The molecule has 44 heavy (non-hydrogen) atoms. The van der Waals surface area contributed by atoms with Crippen molar-refractivity contribution in [2.45, 2.75) is 117 Å². The smallest absolute Gasteiger partial charge is 0.341 e. The molecule has 12 nitrogen and oxygen atoms in total. The summed E-state index contributed by atoms with van der Waals surface area (Å²) in [5.41, 5.74) is -5.20. The first kappa shape index (κ1) is 34.7. The largest absolute Gasteiger partial charge is 0.459 e. The van der Waals surface area contributed by atoms with Gasteiger partial charge >= 0.3 is 29.8 Å². The summed E-state index contributed by atoms with van der Waals surface area (Å²) in [5, 5.41) is 23.8. The number of allylic oxidation sites excluding steroid dienone is 3. The minimum Gasteiger partial charge on any atom is -0.459 e. The lowest BCUT2D eigenvalue weighted by Crippen LogP contribution is -2.64. The second kappa shape index (κ2) is 12.3. The number of hydrogen-bond acceptors (Lipinski definition) is 12. The number of esters is 5. The molecule has 242 valence electrons. The van der Waals surface area contributed by atoms with E-state index in [1.165, 1.54) is 32.9 Å². The summed E-state index contributed by atoms with van der Waals surface area (Å²) in [7, 11) is 0. The summed E-state index contributed by atoms with van der Waals surface area (Å²) < 4.78 is 28.9. The molecule has 3 rings (SSSR count). The Hall–Kier alpha value is -3.77. The van der Waals surface area contributed by atoms with Crippen molar-refractivity contribution in [2.24, 2.45) is 5.92 Å². The molecule has 1 heterocycles. The van der Waals surface area contributed by atoms with Gasteiger partial charge in [-0.1, -0.05) is 17.2 Å². The highest BCUT2D eigenvalue weighted by molar-refractivity contribution is 5.89. The number of carbonyl (C=O) groups is 5. The van der Waals surface area contributed by atoms with E-state index in [1.54, 1.807) is 34.6 Å². The van der Waals surface area contributed by atoms with Crippen LogP contribution < -0.4 is 0 Å². The SMILES string of the molecule is C/C=C(/C)C(=O)O[C@H]1C(C)=C2[C@H]([C@H]1OC(=O)C=C(C)C)[C@@](C)(OC(C)=O)C[C@H](OC(=O)C=C(C)C)[C@@]1(O)[C@H]2OC(=O)[C@@]1(C)O. The average Bonchev–Trinajstić information content (AvgIpc) is 3.21. The Morgan fingerprint density at radius 2 is 1.45 bits per heavy atom. The molecule has 0 spiro atoms. The minimum atomic E-state index is -2.62. The van der Waals surface area contributed by atoms with Gasteiger partial charge in [0.05, 0.1) is 5.92 Å². The van der Waals surface area contributed by atoms with Crippen LogP contribution in [0.4, 0.5) is 0 Å². The summed E-state index contributed by atoms with van der Waals surface area (Å²) in [6, 6.07) is 0. The maximum atomic E-state index is 13.1. The highest BCUT2D eigenvalue weighted by Gasteiger charge is 2.76. The maximum Gasteiger partial charge on any atom is 0.341 e. The first-order valence-electron chi connectivity index (χ1n) is 14.3. The van der Waals surface area contributed by atoms with Crippen molar-refractivity contribution < 1.29 is 57.9 Å². The van der Waals surface area contributed by atoms with E-state index < -0.39 is 83.4 Å². The number of carbonyl (C=O) groups excluding carboxylic acids is 5. The molecule has 2 N–H and O–H groups in total. The number of ether oxygens (including phenoxy) is 5. The van der Waals surface area contributed by atoms with Crippen molar-refractivity contribution in [2.75, 3.05) is 0 Å². The van der Waals surface area contributed by atoms with Crippen LogP contribution >= 0.6 is 0 Å². The zero-order valence-electron chi connectivity index (χ0n) is 26.8. The molecule has 2 fully saturated rings. The lowest BCUT2D eigenvalue weighted by molar-refractivity contribution is -0.209. The van der Waals surface area contributed by atoms with Crippen LogP contribution in [-0.4, -0.2) is 81.3 Å². The van der Waals surface area contributed by atoms with E-state index in [4.69, 9.17) is 23.7 Å². The van der Waals surface area contributed by atoms with Crippen molar-refractivity contribution >= 4 is 29.8 Å². The van der Waals surface area contributed by atoms with Crippen molar-refractivity contribution in [1.82, 2.24) is 0 Å². The Bertz CT molecular complexity index is 1370. The van der Waals surface area contributed by atoms with Crippen LogP contribution in [0.25, 0.3) is 0 Å². The van der Waals surface area contributed by atoms with Crippen LogP contribution in [0.5, 0.6) is 0 Å². The fraction of sp³-hybridized carbons (Fsp3) is 0.594. The second-order valence-corrected chi connectivity index (χ2v) is 12.5. The lowest BCUT2D eigenvalue weighted by Gasteiger charge is -2.41. The molecule has 0 radical (unpaired) electrons. The Morgan fingerprint density at radius 1 is 0.909 bits per heavy atom. The van der Waals surface area contributed by atoms with Gasteiger partial charge in [0, 0.05) is 31.1 Å².